The zero-order valence-electron chi connectivity index (χ0n) is 12.9. The smallest absolute Gasteiger partial charge is 0.139 e. The largest absolute Gasteiger partial charge is 0.378 e. The Morgan fingerprint density at radius 3 is 2.91 bits per heavy atom. The minimum absolute atomic E-state index is 0.268. The minimum Gasteiger partial charge on any atom is -0.378 e. The van der Waals surface area contributed by atoms with Gasteiger partial charge in [0.05, 0.1) is 30.2 Å². The Labute approximate surface area is 138 Å². The molecule has 1 aromatic heterocycles. The highest BCUT2D eigenvalue weighted by molar-refractivity contribution is 7.16. The topological polar surface area (TPSA) is 36.9 Å². The van der Waals surface area contributed by atoms with Crippen molar-refractivity contribution in [3.05, 3.63) is 40.5 Å². The molecule has 4 nitrogen and oxygen atoms in total. The molecule has 0 amide bonds. The van der Waals surface area contributed by atoms with Gasteiger partial charge in [0.15, 0.2) is 0 Å². The van der Waals surface area contributed by atoms with Crippen LogP contribution in [-0.4, -0.2) is 37.0 Å². The Hall–Kier alpha value is -1.92. The summed E-state index contributed by atoms with van der Waals surface area (Å²) >= 11 is 1.74. The highest BCUT2D eigenvalue weighted by atomic mass is 32.1. The van der Waals surface area contributed by atoms with Gasteiger partial charge in [0.2, 0.25) is 0 Å². The number of hydrogen-bond donors (Lipinski definition) is 1. The van der Waals surface area contributed by atoms with Crippen LogP contribution >= 0.6 is 11.3 Å². The number of rotatable bonds is 1. The molecule has 0 radical (unpaired) electrons. The fraction of sp³-hybridized carbons (Fsp3) is 0.353. The van der Waals surface area contributed by atoms with Gasteiger partial charge in [-0.2, -0.15) is 0 Å². The molecule has 120 valence electrons. The Morgan fingerprint density at radius 1 is 1.30 bits per heavy atom. The van der Waals surface area contributed by atoms with Crippen LogP contribution in [0.5, 0.6) is 0 Å². The summed E-state index contributed by atoms with van der Waals surface area (Å²) in [7, 11) is 0. The number of anilines is 2. The van der Waals surface area contributed by atoms with Gasteiger partial charge < -0.3 is 15.0 Å². The minimum atomic E-state index is -0.268. The molecule has 1 fully saturated rings. The van der Waals surface area contributed by atoms with Crippen LogP contribution in [0.1, 0.15) is 17.4 Å². The number of nitrogens with one attached hydrogen (secondary N) is 1. The third kappa shape index (κ3) is 2.72. The van der Waals surface area contributed by atoms with Crippen LogP contribution in [0.2, 0.25) is 0 Å². The Bertz CT molecular complexity index is 765. The van der Waals surface area contributed by atoms with Crippen molar-refractivity contribution < 1.29 is 9.13 Å². The van der Waals surface area contributed by atoms with Gasteiger partial charge in [-0.25, -0.2) is 9.38 Å². The summed E-state index contributed by atoms with van der Waals surface area (Å²) < 4.78 is 19.1. The summed E-state index contributed by atoms with van der Waals surface area (Å²) in [6, 6.07) is 6.91. The van der Waals surface area contributed by atoms with Gasteiger partial charge in [0.25, 0.3) is 0 Å². The highest BCUT2D eigenvalue weighted by Gasteiger charge is 2.25. The van der Waals surface area contributed by atoms with Crippen LogP contribution in [0.3, 0.4) is 0 Å². The van der Waals surface area contributed by atoms with Gasteiger partial charge in [-0.3, -0.25) is 0 Å². The first-order chi connectivity index (χ1) is 11.2. The Balaban J connectivity index is 1.86. The number of fused-ring (bicyclic) bond motifs is 2. The normalized spacial score (nSPS) is 17.0. The Kier molecular flexibility index (Phi) is 3.79. The van der Waals surface area contributed by atoms with Gasteiger partial charge in [-0.15, -0.1) is 11.3 Å². The molecule has 0 spiro atoms. The molecule has 0 aliphatic carbocycles. The van der Waals surface area contributed by atoms with E-state index in [0.717, 1.165) is 41.6 Å². The monoisotopic (exact) mass is 331 g/mol. The number of thiophene rings is 1. The predicted octanol–water partition coefficient (Wildman–Crippen LogP) is 3.92. The number of benzene rings is 1. The lowest BCUT2D eigenvalue weighted by Gasteiger charge is -2.29. The molecular formula is C17H18FN3OS. The number of nitrogens with zero attached hydrogens (tertiary/aromatic N) is 2. The number of aliphatic imine (C=N–C) groups is 1. The fourth-order valence-electron chi connectivity index (χ4n) is 2.89. The maximum atomic E-state index is 13.6. The third-order valence-electron chi connectivity index (χ3n) is 4.12. The summed E-state index contributed by atoms with van der Waals surface area (Å²) in [6.45, 7) is 5.16. The van der Waals surface area contributed by atoms with Crippen LogP contribution in [0.15, 0.2) is 29.3 Å². The van der Waals surface area contributed by atoms with Crippen LogP contribution in [0, 0.1) is 5.82 Å². The molecule has 23 heavy (non-hydrogen) atoms. The van der Waals surface area contributed by atoms with E-state index in [-0.39, 0.29) is 5.82 Å². The molecule has 4 rings (SSSR count). The van der Waals surface area contributed by atoms with E-state index in [2.05, 4.69) is 23.2 Å². The molecule has 2 aromatic rings. The molecule has 0 atom stereocenters. The number of morpholine rings is 1. The predicted molar refractivity (Wildman–Crippen MR) is 92.0 cm³/mol. The fourth-order valence-corrected chi connectivity index (χ4v) is 3.90. The quantitative estimate of drug-likeness (QED) is 0.860. The first-order valence-electron chi connectivity index (χ1n) is 7.85. The van der Waals surface area contributed by atoms with Crippen molar-refractivity contribution in [1.82, 2.24) is 4.90 Å². The van der Waals surface area contributed by atoms with Gasteiger partial charge in [-0.1, -0.05) is 6.92 Å². The average Bonchev–Trinajstić information content (AvgIpc) is 2.92. The van der Waals surface area contributed by atoms with Gasteiger partial charge in [-0.05, 0) is 24.6 Å². The summed E-state index contributed by atoms with van der Waals surface area (Å²) in [4.78, 5) is 8.35. The van der Waals surface area contributed by atoms with Gasteiger partial charge >= 0.3 is 0 Å². The highest BCUT2D eigenvalue weighted by Crippen LogP contribution is 2.39. The lowest BCUT2D eigenvalue weighted by atomic mass is 10.2. The van der Waals surface area contributed by atoms with Crippen LogP contribution in [0.4, 0.5) is 20.8 Å². The third-order valence-corrected chi connectivity index (χ3v) is 5.31. The second kappa shape index (κ2) is 5.94. The van der Waals surface area contributed by atoms with Crippen molar-refractivity contribution in [3.8, 4) is 0 Å². The van der Waals surface area contributed by atoms with Crippen LogP contribution in [0.25, 0.3) is 0 Å². The molecule has 1 aromatic carbocycles. The first-order valence-corrected chi connectivity index (χ1v) is 8.67. The number of ether oxygens (including phenoxy) is 1. The lowest BCUT2D eigenvalue weighted by molar-refractivity contribution is 0.0683. The second-order valence-electron chi connectivity index (χ2n) is 5.63. The summed E-state index contributed by atoms with van der Waals surface area (Å²) in [5.74, 6) is 0.645. The zero-order chi connectivity index (χ0) is 15.8. The van der Waals surface area contributed by atoms with Gasteiger partial charge in [0.1, 0.15) is 16.7 Å². The lowest BCUT2D eigenvalue weighted by Crippen LogP contribution is -2.41. The number of halogens is 1. The van der Waals surface area contributed by atoms with E-state index in [0.29, 0.717) is 18.9 Å². The maximum Gasteiger partial charge on any atom is 0.139 e. The van der Waals surface area contributed by atoms with Crippen molar-refractivity contribution in [3.63, 3.8) is 0 Å². The Morgan fingerprint density at radius 2 is 2.13 bits per heavy atom. The van der Waals surface area contributed by atoms with Crippen molar-refractivity contribution in [2.45, 2.75) is 13.3 Å². The van der Waals surface area contributed by atoms with E-state index in [9.17, 15) is 4.39 Å². The standard InChI is InChI=1S/C17H18FN3OS/c1-2-12-10-13-16(21-5-7-22-8-6-21)19-15-9-11(18)3-4-14(15)20-17(13)23-12/h3-4,9-10,20H,2,5-8H2,1H3. The van der Waals surface area contributed by atoms with E-state index in [1.807, 2.05) is 0 Å². The van der Waals surface area contributed by atoms with E-state index >= 15 is 0 Å². The summed E-state index contributed by atoms with van der Waals surface area (Å²) in [6.07, 6.45) is 0.992. The van der Waals surface area contributed by atoms with Crippen LogP contribution < -0.4 is 5.32 Å². The molecule has 0 bridgehead atoms. The van der Waals surface area contributed by atoms with E-state index in [1.165, 1.54) is 17.0 Å². The molecule has 1 N–H and O–H groups in total. The van der Waals surface area contributed by atoms with Crippen LogP contribution in [-0.2, 0) is 11.2 Å². The molecule has 2 aliphatic rings. The van der Waals surface area contributed by atoms with E-state index in [1.54, 1.807) is 17.4 Å². The molecule has 2 aliphatic heterocycles. The molecule has 0 unspecified atom stereocenters. The van der Waals surface area contributed by atoms with E-state index in [4.69, 9.17) is 9.73 Å². The van der Waals surface area contributed by atoms with Crippen molar-refractivity contribution in [1.29, 1.82) is 0 Å². The summed E-state index contributed by atoms with van der Waals surface area (Å²) in [5.41, 5.74) is 2.60. The van der Waals surface area contributed by atoms with Crippen molar-refractivity contribution in [2.24, 2.45) is 4.99 Å². The maximum absolute atomic E-state index is 13.6. The van der Waals surface area contributed by atoms with Gasteiger partial charge in [0, 0.05) is 24.0 Å². The molecule has 1 saturated heterocycles. The number of aryl methyl sites for hydroxylation is 1. The van der Waals surface area contributed by atoms with Crippen molar-refractivity contribution in [2.75, 3.05) is 31.6 Å². The zero-order valence-corrected chi connectivity index (χ0v) is 13.8. The summed E-state index contributed by atoms with van der Waals surface area (Å²) in [5, 5.41) is 4.51. The van der Waals surface area contributed by atoms with Crippen molar-refractivity contribution >= 4 is 33.5 Å². The molecule has 3 heterocycles. The second-order valence-corrected chi connectivity index (χ2v) is 6.77. The molecule has 6 heteroatoms. The number of amidine groups is 1. The average molecular weight is 331 g/mol. The SMILES string of the molecule is CCc1cc2c(s1)Nc1ccc(F)cc1N=C2N1CCOCC1. The number of hydrogen-bond acceptors (Lipinski definition) is 5. The van der Waals surface area contributed by atoms with E-state index < -0.39 is 0 Å². The molecular weight excluding hydrogens is 313 g/mol. The first kappa shape index (κ1) is 14.7. The molecule has 0 saturated carbocycles.